The van der Waals surface area contributed by atoms with Crippen LogP contribution in [-0.2, 0) is 0 Å². The summed E-state index contributed by atoms with van der Waals surface area (Å²) < 4.78 is 24.9. The zero-order chi connectivity index (χ0) is 10.0. The third-order valence-corrected chi connectivity index (χ3v) is 2.35. The molecule has 0 saturated heterocycles. The Morgan fingerprint density at radius 2 is 2.23 bits per heavy atom. The van der Waals surface area contributed by atoms with Gasteiger partial charge in [-0.1, -0.05) is 0 Å². The van der Waals surface area contributed by atoms with E-state index in [1.165, 1.54) is 0 Å². The van der Waals surface area contributed by atoms with Crippen LogP contribution in [0.1, 0.15) is 22.3 Å². The van der Waals surface area contributed by atoms with Crippen LogP contribution in [0.3, 0.4) is 0 Å². The first-order valence-electron chi connectivity index (χ1n) is 3.25. The topological polar surface area (TPSA) is 56.0 Å². The van der Waals surface area contributed by atoms with Gasteiger partial charge in [0.15, 0.2) is 6.29 Å². The normalized spacial score (nSPS) is 10.5. The molecule has 0 bridgehead atoms. The summed E-state index contributed by atoms with van der Waals surface area (Å²) in [6.07, 6.45) is -1.44. The standard InChI is InChI=1S/C7H5F2IN2O/c8-6(9)3-1-12-7(10)5(11)4(3)2-13/h1-2,6H,11H2. The molecule has 1 aromatic rings. The predicted octanol–water partition coefficient (Wildman–Crippen LogP) is 2.02. The van der Waals surface area contributed by atoms with Gasteiger partial charge in [0.2, 0.25) is 0 Å². The third-order valence-electron chi connectivity index (χ3n) is 1.49. The van der Waals surface area contributed by atoms with Crippen LogP contribution >= 0.6 is 22.6 Å². The summed E-state index contributed by atoms with van der Waals surface area (Å²) in [4.78, 5) is 14.1. The second-order valence-electron chi connectivity index (χ2n) is 2.25. The summed E-state index contributed by atoms with van der Waals surface area (Å²) in [5.74, 6) is 0. The molecule has 2 N–H and O–H groups in total. The molecule has 0 aliphatic carbocycles. The summed E-state index contributed by atoms with van der Waals surface area (Å²) in [6.45, 7) is 0. The molecule has 0 aliphatic heterocycles. The van der Waals surface area contributed by atoms with Gasteiger partial charge in [-0.05, 0) is 22.6 Å². The summed E-state index contributed by atoms with van der Waals surface area (Å²) in [7, 11) is 0. The molecule has 0 radical (unpaired) electrons. The van der Waals surface area contributed by atoms with Gasteiger partial charge < -0.3 is 5.73 Å². The molecule has 1 aromatic heterocycles. The number of nitrogens with zero attached hydrogens (tertiary/aromatic N) is 1. The number of aromatic nitrogens is 1. The second kappa shape index (κ2) is 3.95. The van der Waals surface area contributed by atoms with Gasteiger partial charge in [0.05, 0.1) is 11.3 Å². The average Bonchev–Trinajstić information content (AvgIpc) is 2.09. The molecule has 0 aromatic carbocycles. The van der Waals surface area contributed by atoms with Crippen LogP contribution < -0.4 is 5.73 Å². The SMILES string of the molecule is Nc1c(I)ncc(C(F)F)c1C=O. The van der Waals surface area contributed by atoms with Crippen LogP contribution in [0.15, 0.2) is 6.20 Å². The Labute approximate surface area is 86.5 Å². The predicted molar refractivity (Wildman–Crippen MR) is 51.7 cm³/mol. The fourth-order valence-corrected chi connectivity index (χ4v) is 1.27. The zero-order valence-corrected chi connectivity index (χ0v) is 8.46. The van der Waals surface area contributed by atoms with Gasteiger partial charge in [-0.15, -0.1) is 0 Å². The largest absolute Gasteiger partial charge is 0.396 e. The summed E-state index contributed by atoms with van der Waals surface area (Å²) in [6, 6.07) is 0. The van der Waals surface area contributed by atoms with E-state index in [-0.39, 0.29) is 11.3 Å². The molecule has 6 heteroatoms. The highest BCUT2D eigenvalue weighted by molar-refractivity contribution is 14.1. The number of anilines is 1. The maximum absolute atomic E-state index is 12.3. The van der Waals surface area contributed by atoms with E-state index in [2.05, 4.69) is 4.98 Å². The van der Waals surface area contributed by atoms with Crippen LogP contribution in [0.5, 0.6) is 0 Å². The Bertz CT molecular complexity index is 344. The molecule has 0 spiro atoms. The van der Waals surface area contributed by atoms with Gasteiger partial charge in [0.25, 0.3) is 6.43 Å². The van der Waals surface area contributed by atoms with E-state index < -0.39 is 12.0 Å². The first-order valence-corrected chi connectivity index (χ1v) is 4.33. The lowest BCUT2D eigenvalue weighted by Crippen LogP contribution is -2.04. The molecule has 3 nitrogen and oxygen atoms in total. The molecule has 0 atom stereocenters. The van der Waals surface area contributed by atoms with E-state index in [9.17, 15) is 13.6 Å². The van der Waals surface area contributed by atoms with Crippen molar-refractivity contribution in [1.29, 1.82) is 0 Å². The van der Waals surface area contributed by atoms with Crippen molar-refractivity contribution >= 4 is 34.6 Å². The Balaban J connectivity index is 3.38. The van der Waals surface area contributed by atoms with Crippen molar-refractivity contribution in [1.82, 2.24) is 4.98 Å². The highest BCUT2D eigenvalue weighted by atomic mass is 127. The fraction of sp³-hybridized carbons (Fsp3) is 0.143. The molecular formula is C7H5F2IN2O. The van der Waals surface area contributed by atoms with Gasteiger partial charge in [0.1, 0.15) is 3.70 Å². The molecule has 0 amide bonds. The lowest BCUT2D eigenvalue weighted by molar-refractivity contribution is 0.110. The lowest BCUT2D eigenvalue weighted by Gasteiger charge is -2.06. The van der Waals surface area contributed by atoms with Crippen molar-refractivity contribution in [2.45, 2.75) is 6.43 Å². The number of alkyl halides is 2. The number of hydrogen-bond donors (Lipinski definition) is 1. The maximum atomic E-state index is 12.3. The second-order valence-corrected chi connectivity index (χ2v) is 3.27. The van der Waals surface area contributed by atoms with Crippen molar-refractivity contribution in [2.75, 3.05) is 5.73 Å². The zero-order valence-electron chi connectivity index (χ0n) is 6.30. The van der Waals surface area contributed by atoms with E-state index in [0.717, 1.165) is 6.20 Å². The minimum Gasteiger partial charge on any atom is -0.396 e. The average molecular weight is 298 g/mol. The summed E-state index contributed by atoms with van der Waals surface area (Å²) in [5.41, 5.74) is 4.81. The molecule has 0 aliphatic rings. The van der Waals surface area contributed by atoms with E-state index in [1.807, 2.05) is 0 Å². The van der Waals surface area contributed by atoms with Gasteiger partial charge in [-0.2, -0.15) is 0 Å². The van der Waals surface area contributed by atoms with Crippen molar-refractivity contribution in [2.24, 2.45) is 0 Å². The molecule has 1 rings (SSSR count). The molecule has 1 heterocycles. The van der Waals surface area contributed by atoms with E-state index in [1.54, 1.807) is 22.6 Å². The number of carbonyl (C=O) groups excluding carboxylic acids is 1. The Morgan fingerprint density at radius 3 is 2.69 bits per heavy atom. The van der Waals surface area contributed by atoms with Crippen molar-refractivity contribution < 1.29 is 13.6 Å². The minimum atomic E-state index is -2.73. The first-order chi connectivity index (χ1) is 6.07. The van der Waals surface area contributed by atoms with Crippen LogP contribution in [0.4, 0.5) is 14.5 Å². The van der Waals surface area contributed by atoms with Gasteiger partial charge >= 0.3 is 0 Å². The Kier molecular flexibility index (Phi) is 3.12. The fourth-order valence-electron chi connectivity index (χ4n) is 0.837. The van der Waals surface area contributed by atoms with E-state index >= 15 is 0 Å². The highest BCUT2D eigenvalue weighted by Crippen LogP contribution is 2.26. The number of aldehydes is 1. The Morgan fingerprint density at radius 1 is 1.62 bits per heavy atom. The van der Waals surface area contributed by atoms with Crippen molar-refractivity contribution in [3.63, 3.8) is 0 Å². The monoisotopic (exact) mass is 298 g/mol. The molecule has 70 valence electrons. The smallest absolute Gasteiger partial charge is 0.266 e. The van der Waals surface area contributed by atoms with E-state index in [4.69, 9.17) is 5.73 Å². The van der Waals surface area contributed by atoms with Crippen molar-refractivity contribution in [3.05, 3.63) is 21.0 Å². The first kappa shape index (κ1) is 10.3. The van der Waals surface area contributed by atoms with E-state index in [0.29, 0.717) is 9.99 Å². The number of nitrogen functional groups attached to an aromatic ring is 1. The molecule has 0 unspecified atom stereocenters. The third kappa shape index (κ3) is 1.93. The van der Waals surface area contributed by atoms with Crippen LogP contribution in [-0.4, -0.2) is 11.3 Å². The summed E-state index contributed by atoms with van der Waals surface area (Å²) >= 11 is 1.77. The number of halogens is 3. The minimum absolute atomic E-state index is 0.00778. The maximum Gasteiger partial charge on any atom is 0.266 e. The molecule has 13 heavy (non-hydrogen) atoms. The van der Waals surface area contributed by atoms with Crippen LogP contribution in [0, 0.1) is 3.70 Å². The Hall–Kier alpha value is -0.790. The van der Waals surface area contributed by atoms with Gasteiger partial charge in [-0.3, -0.25) is 4.79 Å². The molecular weight excluding hydrogens is 293 g/mol. The number of hydrogen-bond acceptors (Lipinski definition) is 3. The number of nitrogens with two attached hydrogens (primary N) is 1. The number of pyridine rings is 1. The lowest BCUT2D eigenvalue weighted by atomic mass is 10.1. The highest BCUT2D eigenvalue weighted by Gasteiger charge is 2.17. The van der Waals surface area contributed by atoms with Crippen molar-refractivity contribution in [3.8, 4) is 0 Å². The quantitative estimate of drug-likeness (QED) is 0.516. The van der Waals surface area contributed by atoms with Crippen LogP contribution in [0.25, 0.3) is 0 Å². The number of carbonyl (C=O) groups is 1. The van der Waals surface area contributed by atoms with Gasteiger partial charge in [0, 0.05) is 11.8 Å². The molecule has 0 fully saturated rings. The van der Waals surface area contributed by atoms with Crippen LogP contribution in [0.2, 0.25) is 0 Å². The number of rotatable bonds is 2. The molecule has 0 saturated carbocycles. The van der Waals surface area contributed by atoms with Gasteiger partial charge in [-0.25, -0.2) is 13.8 Å². The summed E-state index contributed by atoms with van der Waals surface area (Å²) in [5, 5.41) is 0.